The Hall–Kier alpha value is -1.78. The molecule has 1 saturated carbocycles. The van der Waals surface area contributed by atoms with Crippen LogP contribution in [-0.2, 0) is 0 Å². The quantitative estimate of drug-likeness (QED) is 0.653. The van der Waals surface area contributed by atoms with Crippen LogP contribution in [0.25, 0.3) is 0 Å². The molecule has 5 nitrogen and oxygen atoms in total. The zero-order valence-corrected chi connectivity index (χ0v) is 11.4. The highest BCUT2D eigenvalue weighted by atomic mass is 16.6. The van der Waals surface area contributed by atoms with Crippen molar-refractivity contribution in [2.24, 2.45) is 11.8 Å². The molecule has 1 fully saturated rings. The van der Waals surface area contributed by atoms with Crippen molar-refractivity contribution in [2.45, 2.75) is 26.2 Å². The first-order valence-corrected chi connectivity index (χ1v) is 6.68. The van der Waals surface area contributed by atoms with Gasteiger partial charge >= 0.3 is 5.69 Å². The molecule has 104 valence electrons. The van der Waals surface area contributed by atoms with Gasteiger partial charge in [-0.1, -0.05) is 25.8 Å². The minimum Gasteiger partial charge on any atom is -0.490 e. The van der Waals surface area contributed by atoms with Crippen LogP contribution >= 0.6 is 0 Å². The number of nitrogens with one attached hydrogen (secondary N) is 1. The van der Waals surface area contributed by atoms with E-state index in [1.54, 1.807) is 18.2 Å². The van der Waals surface area contributed by atoms with Crippen molar-refractivity contribution < 1.29 is 9.66 Å². The van der Waals surface area contributed by atoms with Crippen molar-refractivity contribution in [3.05, 3.63) is 28.3 Å². The van der Waals surface area contributed by atoms with Gasteiger partial charge in [0.15, 0.2) is 5.75 Å². The Labute approximate surface area is 113 Å². The maximum absolute atomic E-state index is 11.1. The molecule has 0 aliphatic heterocycles. The molecule has 1 aliphatic carbocycles. The molecule has 2 unspecified atom stereocenters. The molecule has 2 atom stereocenters. The molecule has 0 spiro atoms. The van der Waals surface area contributed by atoms with E-state index in [9.17, 15) is 10.1 Å². The molecule has 0 heterocycles. The zero-order chi connectivity index (χ0) is 13.8. The number of anilines is 1. The molecule has 0 saturated heterocycles. The molecule has 5 heteroatoms. The number of hydrogen-bond donors (Lipinski definition) is 1. The van der Waals surface area contributed by atoms with Gasteiger partial charge < -0.3 is 10.1 Å². The molecular formula is C14H20N2O3. The number of hydrogen-bond acceptors (Lipinski definition) is 4. The third kappa shape index (κ3) is 2.97. The van der Waals surface area contributed by atoms with Crippen LogP contribution in [0.1, 0.15) is 26.2 Å². The van der Waals surface area contributed by atoms with Crippen LogP contribution in [-0.4, -0.2) is 18.6 Å². The number of nitrogens with zero attached hydrogens (tertiary/aromatic N) is 1. The van der Waals surface area contributed by atoms with E-state index in [0.717, 1.165) is 6.54 Å². The van der Waals surface area contributed by atoms with Crippen LogP contribution in [0, 0.1) is 22.0 Å². The number of methoxy groups -OCH3 is 1. The third-order valence-corrected chi connectivity index (χ3v) is 4.00. The molecule has 2 rings (SSSR count). The molecule has 1 aromatic carbocycles. The molecule has 0 amide bonds. The summed E-state index contributed by atoms with van der Waals surface area (Å²) in [6.45, 7) is 3.04. The molecule has 0 aromatic heterocycles. The van der Waals surface area contributed by atoms with Crippen LogP contribution in [0.3, 0.4) is 0 Å². The second kappa shape index (κ2) is 5.91. The Balaban J connectivity index is 2.13. The second-order valence-electron chi connectivity index (χ2n) is 5.16. The molecule has 0 radical (unpaired) electrons. The molecular weight excluding hydrogens is 244 g/mol. The Morgan fingerprint density at radius 1 is 1.47 bits per heavy atom. The Morgan fingerprint density at radius 3 is 2.84 bits per heavy atom. The van der Waals surface area contributed by atoms with Gasteiger partial charge in [-0.3, -0.25) is 10.1 Å². The normalized spacial score (nSPS) is 22.2. The van der Waals surface area contributed by atoms with Crippen LogP contribution in [0.15, 0.2) is 18.2 Å². The number of nitro groups is 1. The van der Waals surface area contributed by atoms with E-state index in [-0.39, 0.29) is 10.6 Å². The lowest BCUT2D eigenvalue weighted by molar-refractivity contribution is -0.384. The minimum atomic E-state index is -0.390. The zero-order valence-electron chi connectivity index (χ0n) is 11.4. The lowest BCUT2D eigenvalue weighted by atomic mass is 9.98. The van der Waals surface area contributed by atoms with Gasteiger partial charge in [-0.05, 0) is 30.4 Å². The van der Waals surface area contributed by atoms with Gasteiger partial charge in [-0.25, -0.2) is 0 Å². The second-order valence-corrected chi connectivity index (χ2v) is 5.16. The monoisotopic (exact) mass is 264 g/mol. The minimum absolute atomic E-state index is 0.0238. The van der Waals surface area contributed by atoms with Crippen molar-refractivity contribution in [2.75, 3.05) is 19.0 Å². The third-order valence-electron chi connectivity index (χ3n) is 4.00. The van der Waals surface area contributed by atoms with Crippen LogP contribution < -0.4 is 10.1 Å². The number of para-hydroxylation sites is 1. The first-order chi connectivity index (χ1) is 9.13. The molecule has 1 N–H and O–H groups in total. The topological polar surface area (TPSA) is 64.4 Å². The first kappa shape index (κ1) is 13.6. The van der Waals surface area contributed by atoms with E-state index in [2.05, 4.69) is 12.2 Å². The van der Waals surface area contributed by atoms with Gasteiger partial charge in [0.05, 0.1) is 12.0 Å². The van der Waals surface area contributed by atoms with E-state index in [0.29, 0.717) is 23.3 Å². The van der Waals surface area contributed by atoms with Crippen LogP contribution in [0.5, 0.6) is 5.75 Å². The maximum atomic E-state index is 11.1. The molecule has 1 aliphatic rings. The van der Waals surface area contributed by atoms with Gasteiger partial charge in [0.25, 0.3) is 0 Å². The largest absolute Gasteiger partial charge is 0.490 e. The summed E-state index contributed by atoms with van der Waals surface area (Å²) < 4.78 is 5.06. The number of benzene rings is 1. The summed E-state index contributed by atoms with van der Waals surface area (Å²) in [4.78, 5) is 10.8. The van der Waals surface area contributed by atoms with Gasteiger partial charge in [0.2, 0.25) is 0 Å². The number of nitro benzene ring substituents is 1. The molecule has 0 bridgehead atoms. The SMILES string of the molecule is COc1cccc(NCC2CCCC2C)c1[N+](=O)[O-]. The summed E-state index contributed by atoms with van der Waals surface area (Å²) in [7, 11) is 1.45. The van der Waals surface area contributed by atoms with E-state index in [1.165, 1.54) is 26.4 Å². The summed E-state index contributed by atoms with van der Waals surface area (Å²) in [6.07, 6.45) is 3.71. The van der Waals surface area contributed by atoms with Crippen molar-refractivity contribution in [1.82, 2.24) is 0 Å². The Bertz CT molecular complexity index is 462. The standard InChI is InChI=1S/C14H20N2O3/c1-10-5-3-6-11(10)9-15-12-7-4-8-13(19-2)14(12)16(17)18/h4,7-8,10-11,15H,3,5-6,9H2,1-2H3. The fourth-order valence-corrected chi connectivity index (χ4v) is 2.78. The number of ether oxygens (including phenoxy) is 1. The maximum Gasteiger partial charge on any atom is 0.333 e. The molecule has 19 heavy (non-hydrogen) atoms. The summed E-state index contributed by atoms with van der Waals surface area (Å²) in [5, 5.41) is 14.4. The highest BCUT2D eigenvalue weighted by Gasteiger charge is 2.25. The predicted molar refractivity (Wildman–Crippen MR) is 74.6 cm³/mol. The van der Waals surface area contributed by atoms with Gasteiger partial charge in [-0.15, -0.1) is 0 Å². The van der Waals surface area contributed by atoms with Crippen molar-refractivity contribution in [3.8, 4) is 5.75 Å². The highest BCUT2D eigenvalue weighted by Crippen LogP contribution is 2.36. The first-order valence-electron chi connectivity index (χ1n) is 6.68. The van der Waals surface area contributed by atoms with Crippen LogP contribution in [0.2, 0.25) is 0 Å². The van der Waals surface area contributed by atoms with Gasteiger partial charge in [-0.2, -0.15) is 0 Å². The summed E-state index contributed by atoms with van der Waals surface area (Å²) >= 11 is 0. The fraction of sp³-hybridized carbons (Fsp3) is 0.571. The van der Waals surface area contributed by atoms with E-state index in [4.69, 9.17) is 4.74 Å². The van der Waals surface area contributed by atoms with Crippen molar-refractivity contribution >= 4 is 11.4 Å². The number of rotatable bonds is 5. The van der Waals surface area contributed by atoms with Crippen molar-refractivity contribution in [1.29, 1.82) is 0 Å². The Morgan fingerprint density at radius 2 is 2.26 bits per heavy atom. The summed E-state index contributed by atoms with van der Waals surface area (Å²) in [5.41, 5.74) is 0.569. The van der Waals surface area contributed by atoms with Crippen molar-refractivity contribution in [3.63, 3.8) is 0 Å². The summed E-state index contributed by atoms with van der Waals surface area (Å²) in [5.74, 6) is 1.59. The van der Waals surface area contributed by atoms with E-state index < -0.39 is 0 Å². The van der Waals surface area contributed by atoms with Gasteiger partial charge in [0.1, 0.15) is 5.69 Å². The lowest BCUT2D eigenvalue weighted by Crippen LogP contribution is -2.17. The highest BCUT2D eigenvalue weighted by molar-refractivity contribution is 5.68. The average molecular weight is 264 g/mol. The lowest BCUT2D eigenvalue weighted by Gasteiger charge is -2.17. The van der Waals surface area contributed by atoms with Crippen LogP contribution in [0.4, 0.5) is 11.4 Å². The predicted octanol–water partition coefficient (Wildman–Crippen LogP) is 3.45. The fourth-order valence-electron chi connectivity index (χ4n) is 2.78. The molecule has 1 aromatic rings. The smallest absolute Gasteiger partial charge is 0.333 e. The van der Waals surface area contributed by atoms with Gasteiger partial charge in [0, 0.05) is 6.54 Å². The van der Waals surface area contributed by atoms with E-state index >= 15 is 0 Å². The Kier molecular flexibility index (Phi) is 4.24. The van der Waals surface area contributed by atoms with E-state index in [1.807, 2.05) is 0 Å². The average Bonchev–Trinajstić information content (AvgIpc) is 2.81. The summed E-state index contributed by atoms with van der Waals surface area (Å²) in [6, 6.07) is 5.12.